The predicted molar refractivity (Wildman–Crippen MR) is 162 cm³/mol. The van der Waals surface area contributed by atoms with Crippen molar-refractivity contribution in [2.45, 2.75) is 103 Å². The third-order valence-corrected chi connectivity index (χ3v) is 9.25. The van der Waals surface area contributed by atoms with Crippen LogP contribution in [-0.4, -0.2) is 51.5 Å². The van der Waals surface area contributed by atoms with Crippen LogP contribution in [0.25, 0.3) is 11.1 Å². The van der Waals surface area contributed by atoms with Crippen LogP contribution in [0.1, 0.15) is 93.1 Å². The molecule has 2 aliphatic rings. The fourth-order valence-electron chi connectivity index (χ4n) is 6.35. The van der Waals surface area contributed by atoms with Crippen molar-refractivity contribution < 1.29 is 14.7 Å². The highest BCUT2D eigenvalue weighted by Gasteiger charge is 2.39. The van der Waals surface area contributed by atoms with Crippen LogP contribution in [0.2, 0.25) is 0 Å². The zero-order chi connectivity index (χ0) is 28.0. The Kier molecular flexibility index (Phi) is 10.2. The molecule has 2 aliphatic carbocycles. The van der Waals surface area contributed by atoms with Crippen molar-refractivity contribution in [1.29, 1.82) is 0 Å². The molecule has 2 aromatic carbocycles. The number of thioether (sulfide) groups is 1. The van der Waals surface area contributed by atoms with Crippen LogP contribution in [0, 0.1) is 12.8 Å². The number of carboxylic acid groups (broad SMARTS) is 1. The first-order chi connectivity index (χ1) is 18.7. The molecule has 0 bridgehead atoms. The van der Waals surface area contributed by atoms with Gasteiger partial charge in [0, 0.05) is 23.7 Å². The number of aliphatic carboxylic acids is 1. The molecule has 2 aromatic rings. The number of benzene rings is 2. The molecule has 1 unspecified atom stereocenters. The maximum absolute atomic E-state index is 13.5. The lowest BCUT2D eigenvalue weighted by molar-refractivity contribution is -0.139. The largest absolute Gasteiger partial charge is 0.480 e. The van der Waals surface area contributed by atoms with Crippen molar-refractivity contribution in [3.63, 3.8) is 0 Å². The Morgan fingerprint density at radius 1 is 1.05 bits per heavy atom. The van der Waals surface area contributed by atoms with Crippen molar-refractivity contribution in [2.24, 2.45) is 5.92 Å². The number of carbonyl (C=O) groups excluding carboxylic acids is 1. The second kappa shape index (κ2) is 13.4. The molecular weight excluding hydrogens is 504 g/mol. The second-order valence-electron chi connectivity index (χ2n) is 12.2. The van der Waals surface area contributed by atoms with Gasteiger partial charge in [-0.15, -0.1) is 0 Å². The molecule has 1 atom stereocenters. The van der Waals surface area contributed by atoms with Gasteiger partial charge in [-0.3, -0.25) is 9.69 Å². The van der Waals surface area contributed by atoms with E-state index >= 15 is 0 Å². The van der Waals surface area contributed by atoms with Gasteiger partial charge in [0.2, 0.25) is 0 Å². The normalized spacial score (nSPS) is 17.3. The highest BCUT2D eigenvalue weighted by Crippen LogP contribution is 2.40. The monoisotopic (exact) mass is 550 g/mol. The maximum Gasteiger partial charge on any atom is 0.326 e. The molecule has 2 N–H and O–H groups in total. The Bertz CT molecular complexity index is 1140. The summed E-state index contributed by atoms with van der Waals surface area (Å²) in [6.07, 6.45) is 12.9. The molecule has 4 rings (SSSR count). The minimum Gasteiger partial charge on any atom is -0.480 e. The van der Waals surface area contributed by atoms with E-state index < -0.39 is 12.0 Å². The summed E-state index contributed by atoms with van der Waals surface area (Å²) in [7, 11) is 0. The summed E-state index contributed by atoms with van der Waals surface area (Å²) in [4.78, 5) is 28.0. The molecule has 0 radical (unpaired) electrons. The molecule has 6 heteroatoms. The van der Waals surface area contributed by atoms with Crippen LogP contribution in [0.5, 0.6) is 0 Å². The molecule has 2 saturated carbocycles. The number of rotatable bonds is 13. The van der Waals surface area contributed by atoms with Crippen molar-refractivity contribution >= 4 is 23.6 Å². The first-order valence-corrected chi connectivity index (χ1v) is 16.1. The van der Waals surface area contributed by atoms with E-state index in [-0.39, 0.29) is 11.4 Å². The number of aryl methyl sites for hydroxylation is 1. The molecule has 0 saturated heterocycles. The number of hydrogen-bond acceptors (Lipinski definition) is 4. The number of amides is 1. The Morgan fingerprint density at radius 3 is 2.41 bits per heavy atom. The lowest BCUT2D eigenvalue weighted by Gasteiger charge is -2.42. The summed E-state index contributed by atoms with van der Waals surface area (Å²) >= 11 is 1.58. The van der Waals surface area contributed by atoms with Crippen LogP contribution >= 0.6 is 11.8 Å². The van der Waals surface area contributed by atoms with Gasteiger partial charge < -0.3 is 10.4 Å². The molecule has 0 spiro atoms. The first-order valence-electron chi connectivity index (χ1n) is 14.7. The molecule has 1 amide bonds. The van der Waals surface area contributed by atoms with Crippen LogP contribution in [-0.2, 0) is 11.3 Å². The molecule has 212 valence electrons. The number of carboxylic acids is 1. The third kappa shape index (κ3) is 7.88. The minimum absolute atomic E-state index is 0.119. The summed E-state index contributed by atoms with van der Waals surface area (Å²) < 4.78 is 0. The van der Waals surface area contributed by atoms with E-state index in [1.165, 1.54) is 56.9 Å². The van der Waals surface area contributed by atoms with E-state index in [0.29, 0.717) is 23.8 Å². The quantitative estimate of drug-likeness (QED) is 0.274. The predicted octanol–water partition coefficient (Wildman–Crippen LogP) is 7.31. The molecule has 0 aromatic heterocycles. The van der Waals surface area contributed by atoms with Crippen molar-refractivity contribution in [3.8, 4) is 11.1 Å². The van der Waals surface area contributed by atoms with Gasteiger partial charge in [0.05, 0.1) is 0 Å². The molecule has 2 fully saturated rings. The van der Waals surface area contributed by atoms with Gasteiger partial charge in [0.15, 0.2) is 0 Å². The summed E-state index contributed by atoms with van der Waals surface area (Å²) in [5.74, 6) is 0.169. The highest BCUT2D eigenvalue weighted by molar-refractivity contribution is 7.98. The van der Waals surface area contributed by atoms with Gasteiger partial charge in [-0.1, -0.05) is 62.4 Å². The second-order valence-corrected chi connectivity index (χ2v) is 13.2. The van der Waals surface area contributed by atoms with E-state index in [4.69, 9.17) is 0 Å². The molecule has 0 heterocycles. The van der Waals surface area contributed by atoms with Crippen molar-refractivity contribution in [3.05, 3.63) is 59.2 Å². The average Bonchev–Trinajstić information content (AvgIpc) is 3.75. The summed E-state index contributed by atoms with van der Waals surface area (Å²) in [5.41, 5.74) is 4.83. The van der Waals surface area contributed by atoms with E-state index in [1.54, 1.807) is 11.8 Å². The topological polar surface area (TPSA) is 69.6 Å². The summed E-state index contributed by atoms with van der Waals surface area (Å²) in [6.45, 7) is 7.76. The van der Waals surface area contributed by atoms with E-state index in [1.807, 2.05) is 24.5 Å². The maximum atomic E-state index is 13.5. The van der Waals surface area contributed by atoms with Gasteiger partial charge in [-0.25, -0.2) is 4.79 Å². The van der Waals surface area contributed by atoms with Gasteiger partial charge in [-0.2, -0.15) is 11.8 Å². The van der Waals surface area contributed by atoms with Crippen molar-refractivity contribution in [1.82, 2.24) is 10.2 Å². The number of carbonyl (C=O) groups is 2. The Balaban J connectivity index is 1.62. The lowest BCUT2D eigenvalue weighted by atomic mass is 9.80. The number of hydrogen-bond donors (Lipinski definition) is 2. The smallest absolute Gasteiger partial charge is 0.326 e. The Morgan fingerprint density at radius 2 is 1.77 bits per heavy atom. The number of nitrogens with one attached hydrogen (secondary N) is 1. The summed E-state index contributed by atoms with van der Waals surface area (Å²) in [5, 5.41) is 12.5. The fourth-order valence-corrected chi connectivity index (χ4v) is 6.82. The fraction of sp³-hybridized carbons (Fsp3) is 0.576. The molecular formula is C33H46N2O3S. The molecule has 39 heavy (non-hydrogen) atoms. The molecule has 0 aliphatic heterocycles. The summed E-state index contributed by atoms with van der Waals surface area (Å²) in [6, 6.07) is 14.0. The average molecular weight is 551 g/mol. The van der Waals surface area contributed by atoms with Gasteiger partial charge in [0.1, 0.15) is 6.04 Å². The van der Waals surface area contributed by atoms with Gasteiger partial charge in [-0.05, 0) is 98.8 Å². The molecule has 5 nitrogen and oxygen atoms in total. The standard InChI is InChI=1S/C33H46N2O3S/c1-23-10-8-9-13-27(23)29-20-25(14-17-28(29)31(36)34-30(32(37)38)18-19-39-4)22-35(26-15-16-26)33(2,3)21-24-11-6-5-7-12-24/h8-10,13-14,17,20,24,26,30H,5-7,11-12,15-16,18-19,21-22H2,1-4H3,(H,34,36)(H,37,38). The lowest BCUT2D eigenvalue weighted by Crippen LogP contribution is -2.46. The zero-order valence-electron chi connectivity index (χ0n) is 24.2. The number of nitrogens with zero attached hydrogens (tertiary/aromatic N) is 1. The van der Waals surface area contributed by atoms with E-state index in [2.05, 4.69) is 55.3 Å². The highest BCUT2D eigenvalue weighted by atomic mass is 32.2. The van der Waals surface area contributed by atoms with Gasteiger partial charge >= 0.3 is 5.97 Å². The van der Waals surface area contributed by atoms with Crippen LogP contribution in [0.15, 0.2) is 42.5 Å². The first kappa shape index (κ1) is 29.7. The van der Waals surface area contributed by atoms with Crippen LogP contribution in [0.3, 0.4) is 0 Å². The zero-order valence-corrected chi connectivity index (χ0v) is 25.0. The Labute approximate surface area is 239 Å². The van der Waals surface area contributed by atoms with E-state index in [0.717, 1.165) is 29.2 Å². The van der Waals surface area contributed by atoms with Crippen LogP contribution < -0.4 is 5.32 Å². The van der Waals surface area contributed by atoms with Crippen LogP contribution in [0.4, 0.5) is 0 Å². The van der Waals surface area contributed by atoms with Crippen molar-refractivity contribution in [2.75, 3.05) is 12.0 Å². The van der Waals surface area contributed by atoms with Gasteiger partial charge in [0.25, 0.3) is 5.91 Å². The minimum atomic E-state index is -0.994. The SMILES string of the molecule is CSCCC(NC(=O)c1ccc(CN(C2CC2)C(C)(C)CC2CCCCC2)cc1-c1ccccc1C)C(=O)O. The van der Waals surface area contributed by atoms with E-state index in [9.17, 15) is 14.7 Å². The Hall–Kier alpha value is -2.31. The third-order valence-electron chi connectivity index (χ3n) is 8.61.